The summed E-state index contributed by atoms with van der Waals surface area (Å²) in [6.07, 6.45) is 2.18. The molecule has 140 valence electrons. The van der Waals surface area contributed by atoms with Crippen LogP contribution in [-0.2, 0) is 0 Å². The molecule has 8 nitrogen and oxygen atoms in total. The molecule has 0 unspecified atom stereocenters. The Balaban J connectivity index is 2.27. The van der Waals surface area contributed by atoms with Gasteiger partial charge in [0, 0.05) is 12.6 Å². The highest BCUT2D eigenvalue weighted by Crippen LogP contribution is 2.33. The lowest BCUT2D eigenvalue weighted by atomic mass is 10.1. The minimum Gasteiger partial charge on any atom is -0.493 e. The second kappa shape index (κ2) is 9.47. The number of carbonyl (C=O) groups is 2. The van der Waals surface area contributed by atoms with E-state index < -0.39 is 5.91 Å². The molecule has 0 fully saturated rings. The van der Waals surface area contributed by atoms with E-state index in [1.165, 1.54) is 32.6 Å². The van der Waals surface area contributed by atoms with Crippen LogP contribution in [0.1, 0.15) is 27.3 Å². The molecule has 0 saturated heterocycles. The van der Waals surface area contributed by atoms with Crippen LogP contribution in [0.5, 0.6) is 11.5 Å². The molecule has 0 aliphatic rings. The lowest BCUT2D eigenvalue weighted by molar-refractivity contribution is 0.0953. The number of rotatable bonds is 9. The molecule has 0 aliphatic carbocycles. The SMILES string of the molecule is CNCCCNC(=O)c1cc(OC)c(OC)cc1NC(=O)c1ccco1. The Morgan fingerprint density at radius 2 is 1.81 bits per heavy atom. The quantitative estimate of drug-likeness (QED) is 0.590. The number of anilines is 1. The maximum absolute atomic E-state index is 12.6. The minimum absolute atomic E-state index is 0.139. The average Bonchev–Trinajstić information content (AvgIpc) is 3.19. The van der Waals surface area contributed by atoms with Crippen LogP contribution < -0.4 is 25.4 Å². The Morgan fingerprint density at radius 1 is 1.08 bits per heavy atom. The van der Waals surface area contributed by atoms with Crippen molar-refractivity contribution in [1.82, 2.24) is 10.6 Å². The molecule has 0 saturated carbocycles. The van der Waals surface area contributed by atoms with Gasteiger partial charge in [-0.15, -0.1) is 0 Å². The fourth-order valence-electron chi connectivity index (χ4n) is 2.32. The Kier molecular flexibility index (Phi) is 7.04. The van der Waals surface area contributed by atoms with Crippen molar-refractivity contribution in [2.45, 2.75) is 6.42 Å². The molecular weight excluding hydrogens is 338 g/mol. The van der Waals surface area contributed by atoms with Gasteiger partial charge < -0.3 is 29.8 Å². The molecule has 2 aromatic rings. The number of benzene rings is 1. The van der Waals surface area contributed by atoms with Gasteiger partial charge in [0.1, 0.15) is 0 Å². The van der Waals surface area contributed by atoms with Crippen molar-refractivity contribution in [2.75, 3.05) is 39.7 Å². The highest BCUT2D eigenvalue weighted by Gasteiger charge is 2.19. The highest BCUT2D eigenvalue weighted by atomic mass is 16.5. The maximum Gasteiger partial charge on any atom is 0.291 e. The summed E-state index contributed by atoms with van der Waals surface area (Å²) in [5.41, 5.74) is 0.571. The second-order valence-electron chi connectivity index (χ2n) is 5.40. The first-order chi connectivity index (χ1) is 12.6. The van der Waals surface area contributed by atoms with Gasteiger partial charge in [-0.05, 0) is 38.2 Å². The lowest BCUT2D eigenvalue weighted by Crippen LogP contribution is -2.28. The van der Waals surface area contributed by atoms with Crippen molar-refractivity contribution in [2.24, 2.45) is 0 Å². The summed E-state index contributed by atoms with van der Waals surface area (Å²) in [5.74, 6) is 0.140. The van der Waals surface area contributed by atoms with Crippen LogP contribution in [0.2, 0.25) is 0 Å². The molecule has 0 spiro atoms. The van der Waals surface area contributed by atoms with Crippen molar-refractivity contribution >= 4 is 17.5 Å². The van der Waals surface area contributed by atoms with Gasteiger partial charge in [-0.3, -0.25) is 9.59 Å². The van der Waals surface area contributed by atoms with Crippen molar-refractivity contribution in [3.05, 3.63) is 41.9 Å². The molecule has 1 heterocycles. The van der Waals surface area contributed by atoms with Crippen molar-refractivity contribution in [3.63, 3.8) is 0 Å². The Bertz CT molecular complexity index is 744. The van der Waals surface area contributed by atoms with Crippen LogP contribution in [0.4, 0.5) is 5.69 Å². The number of ether oxygens (including phenoxy) is 2. The summed E-state index contributed by atoms with van der Waals surface area (Å²) in [7, 11) is 4.81. The minimum atomic E-state index is -0.466. The fraction of sp³-hybridized carbons (Fsp3) is 0.333. The van der Waals surface area contributed by atoms with Gasteiger partial charge in [0.2, 0.25) is 0 Å². The predicted octanol–water partition coefficient (Wildman–Crippen LogP) is 1.89. The van der Waals surface area contributed by atoms with E-state index in [9.17, 15) is 9.59 Å². The van der Waals surface area contributed by atoms with E-state index in [4.69, 9.17) is 13.9 Å². The molecule has 26 heavy (non-hydrogen) atoms. The zero-order chi connectivity index (χ0) is 18.9. The van der Waals surface area contributed by atoms with Crippen molar-refractivity contribution < 1.29 is 23.5 Å². The molecular formula is C18H23N3O5. The molecule has 2 amide bonds. The maximum atomic E-state index is 12.6. The Labute approximate surface area is 151 Å². The van der Waals surface area contributed by atoms with E-state index in [1.807, 2.05) is 7.05 Å². The topological polar surface area (TPSA) is 102 Å². The normalized spacial score (nSPS) is 10.3. The number of hydrogen-bond acceptors (Lipinski definition) is 6. The number of hydrogen-bond donors (Lipinski definition) is 3. The van der Waals surface area contributed by atoms with Crippen LogP contribution in [-0.4, -0.2) is 46.2 Å². The van der Waals surface area contributed by atoms with Crippen LogP contribution in [0.25, 0.3) is 0 Å². The van der Waals surface area contributed by atoms with Gasteiger partial charge in [0.25, 0.3) is 11.8 Å². The number of amides is 2. The molecule has 0 bridgehead atoms. The third-order valence-corrected chi connectivity index (χ3v) is 3.65. The molecule has 2 rings (SSSR count). The van der Waals surface area contributed by atoms with Gasteiger partial charge in [-0.25, -0.2) is 0 Å². The fourth-order valence-corrected chi connectivity index (χ4v) is 2.32. The number of carbonyl (C=O) groups excluding carboxylic acids is 2. The van der Waals surface area contributed by atoms with Crippen LogP contribution in [0.3, 0.4) is 0 Å². The molecule has 1 aromatic heterocycles. The van der Waals surface area contributed by atoms with Gasteiger partial charge in [0.05, 0.1) is 31.7 Å². The summed E-state index contributed by atoms with van der Waals surface area (Å²) in [6, 6.07) is 6.22. The van der Waals surface area contributed by atoms with Crippen LogP contribution in [0.15, 0.2) is 34.9 Å². The van der Waals surface area contributed by atoms with Crippen molar-refractivity contribution in [1.29, 1.82) is 0 Å². The first-order valence-electron chi connectivity index (χ1n) is 8.14. The molecule has 8 heteroatoms. The standard InChI is InChI=1S/C18H23N3O5/c1-19-7-5-8-20-17(22)12-10-15(24-2)16(25-3)11-13(12)21-18(23)14-6-4-9-26-14/h4,6,9-11,19H,5,7-8H2,1-3H3,(H,20,22)(H,21,23). The molecule has 0 atom stereocenters. The first kappa shape index (κ1) is 19.3. The van der Waals surface area contributed by atoms with Crippen molar-refractivity contribution in [3.8, 4) is 11.5 Å². The van der Waals surface area contributed by atoms with E-state index in [0.717, 1.165) is 13.0 Å². The summed E-state index contributed by atoms with van der Waals surface area (Å²) in [6.45, 7) is 1.29. The summed E-state index contributed by atoms with van der Waals surface area (Å²) in [5, 5.41) is 8.51. The zero-order valence-corrected chi connectivity index (χ0v) is 15.0. The zero-order valence-electron chi connectivity index (χ0n) is 15.0. The van der Waals surface area contributed by atoms with Gasteiger partial charge in [0.15, 0.2) is 17.3 Å². The summed E-state index contributed by atoms with van der Waals surface area (Å²) in [4.78, 5) is 24.8. The number of nitrogens with one attached hydrogen (secondary N) is 3. The Hall–Kier alpha value is -3.00. The van der Waals surface area contributed by atoms with Crippen LogP contribution >= 0.6 is 0 Å². The number of furan rings is 1. The third-order valence-electron chi connectivity index (χ3n) is 3.65. The monoisotopic (exact) mass is 361 g/mol. The average molecular weight is 361 g/mol. The van der Waals surface area contributed by atoms with E-state index in [-0.39, 0.29) is 17.2 Å². The predicted molar refractivity (Wildman–Crippen MR) is 97.1 cm³/mol. The van der Waals surface area contributed by atoms with Gasteiger partial charge in [-0.2, -0.15) is 0 Å². The van der Waals surface area contributed by atoms with E-state index >= 15 is 0 Å². The third kappa shape index (κ3) is 4.76. The largest absolute Gasteiger partial charge is 0.493 e. The van der Waals surface area contributed by atoms with E-state index in [0.29, 0.717) is 23.7 Å². The molecule has 1 aromatic carbocycles. The van der Waals surface area contributed by atoms with E-state index in [2.05, 4.69) is 16.0 Å². The highest BCUT2D eigenvalue weighted by molar-refractivity contribution is 6.08. The molecule has 3 N–H and O–H groups in total. The first-order valence-corrected chi connectivity index (χ1v) is 8.14. The lowest BCUT2D eigenvalue weighted by Gasteiger charge is -2.15. The second-order valence-corrected chi connectivity index (χ2v) is 5.40. The van der Waals surface area contributed by atoms with Gasteiger partial charge >= 0.3 is 0 Å². The summed E-state index contributed by atoms with van der Waals surface area (Å²) < 4.78 is 15.6. The molecule has 0 aliphatic heterocycles. The van der Waals surface area contributed by atoms with E-state index in [1.54, 1.807) is 12.1 Å². The van der Waals surface area contributed by atoms with Crippen LogP contribution in [0, 0.1) is 0 Å². The smallest absolute Gasteiger partial charge is 0.291 e. The van der Waals surface area contributed by atoms with Gasteiger partial charge in [-0.1, -0.05) is 0 Å². The summed E-state index contributed by atoms with van der Waals surface area (Å²) >= 11 is 0. The number of methoxy groups -OCH3 is 2. The Morgan fingerprint density at radius 3 is 2.42 bits per heavy atom. The molecule has 0 radical (unpaired) electrons.